The number of hydrogen-bond donors (Lipinski definition) is 1. The zero-order valence-corrected chi connectivity index (χ0v) is 18.3. The standard InChI is InChI=1S/C23H21N3O2S2/c1-15-3-4-16(2)20(13-15)30-19-7-5-18(6-8-19)24-21(27)9-10-22-25-26-23(28-22)17-11-12-29-14-17/h3-8,11-14H,9-10H2,1-2H3,(H,24,27). The number of carbonyl (C=O) groups excluding carboxylic acids is 1. The van der Waals surface area contributed by atoms with Crippen molar-refractivity contribution in [1.82, 2.24) is 10.2 Å². The largest absolute Gasteiger partial charge is 0.421 e. The summed E-state index contributed by atoms with van der Waals surface area (Å²) in [5, 5.41) is 14.9. The Morgan fingerprint density at radius 3 is 2.70 bits per heavy atom. The third kappa shape index (κ3) is 5.17. The van der Waals surface area contributed by atoms with E-state index in [9.17, 15) is 4.79 Å². The van der Waals surface area contributed by atoms with Crippen LogP contribution in [0.3, 0.4) is 0 Å². The van der Waals surface area contributed by atoms with E-state index in [1.54, 1.807) is 23.1 Å². The Morgan fingerprint density at radius 1 is 1.10 bits per heavy atom. The maximum Gasteiger partial charge on any atom is 0.248 e. The molecule has 30 heavy (non-hydrogen) atoms. The summed E-state index contributed by atoms with van der Waals surface area (Å²) in [6.45, 7) is 4.21. The van der Waals surface area contributed by atoms with Crippen molar-refractivity contribution in [2.24, 2.45) is 0 Å². The second kappa shape index (κ2) is 9.28. The average molecular weight is 436 g/mol. The van der Waals surface area contributed by atoms with Crippen molar-refractivity contribution < 1.29 is 9.21 Å². The van der Waals surface area contributed by atoms with E-state index in [4.69, 9.17) is 4.42 Å². The number of thiophene rings is 1. The van der Waals surface area contributed by atoms with Crippen LogP contribution in [0.4, 0.5) is 5.69 Å². The summed E-state index contributed by atoms with van der Waals surface area (Å²) in [4.78, 5) is 14.7. The summed E-state index contributed by atoms with van der Waals surface area (Å²) in [6.07, 6.45) is 0.688. The third-order valence-electron chi connectivity index (χ3n) is 4.51. The molecule has 2 heterocycles. The molecular weight excluding hydrogens is 414 g/mol. The molecule has 1 amide bonds. The average Bonchev–Trinajstić information content (AvgIpc) is 3.42. The molecular formula is C23H21N3O2S2. The minimum absolute atomic E-state index is 0.0831. The Bertz CT molecular complexity index is 1140. The summed E-state index contributed by atoms with van der Waals surface area (Å²) >= 11 is 3.30. The molecule has 5 nitrogen and oxygen atoms in total. The van der Waals surface area contributed by atoms with Gasteiger partial charge in [0.25, 0.3) is 0 Å². The van der Waals surface area contributed by atoms with E-state index >= 15 is 0 Å². The minimum atomic E-state index is -0.0831. The van der Waals surface area contributed by atoms with E-state index in [1.807, 2.05) is 41.1 Å². The number of benzene rings is 2. The van der Waals surface area contributed by atoms with Crippen molar-refractivity contribution in [3.63, 3.8) is 0 Å². The first kappa shape index (κ1) is 20.4. The van der Waals surface area contributed by atoms with Gasteiger partial charge >= 0.3 is 0 Å². The molecule has 2 aromatic heterocycles. The number of amides is 1. The van der Waals surface area contributed by atoms with Crippen molar-refractivity contribution >= 4 is 34.7 Å². The Morgan fingerprint density at radius 2 is 1.93 bits per heavy atom. The monoisotopic (exact) mass is 435 g/mol. The number of rotatable bonds is 7. The first-order valence-electron chi connectivity index (χ1n) is 9.57. The molecule has 0 spiro atoms. The SMILES string of the molecule is Cc1ccc(C)c(Sc2ccc(NC(=O)CCc3nnc(-c4ccsc4)o3)cc2)c1. The van der Waals surface area contributed by atoms with Crippen LogP contribution < -0.4 is 5.32 Å². The Kier molecular flexibility index (Phi) is 6.30. The van der Waals surface area contributed by atoms with Gasteiger partial charge in [0.1, 0.15) is 0 Å². The van der Waals surface area contributed by atoms with Crippen LogP contribution >= 0.6 is 23.1 Å². The molecule has 1 N–H and O–H groups in total. The normalized spacial score (nSPS) is 10.9. The highest BCUT2D eigenvalue weighted by Gasteiger charge is 2.11. The Labute approximate surface area is 183 Å². The lowest BCUT2D eigenvalue weighted by molar-refractivity contribution is -0.116. The van der Waals surface area contributed by atoms with E-state index in [2.05, 4.69) is 47.6 Å². The van der Waals surface area contributed by atoms with E-state index in [1.165, 1.54) is 16.0 Å². The predicted octanol–water partition coefficient (Wildman–Crippen LogP) is 6.14. The molecule has 0 saturated heterocycles. The van der Waals surface area contributed by atoms with Gasteiger partial charge in [-0.05, 0) is 66.8 Å². The van der Waals surface area contributed by atoms with E-state index in [0.717, 1.165) is 16.1 Å². The highest BCUT2D eigenvalue weighted by atomic mass is 32.2. The van der Waals surface area contributed by atoms with Crippen LogP contribution in [-0.4, -0.2) is 16.1 Å². The molecule has 7 heteroatoms. The van der Waals surface area contributed by atoms with Crippen LogP contribution in [0.2, 0.25) is 0 Å². The molecule has 4 aromatic rings. The fraction of sp³-hybridized carbons (Fsp3) is 0.174. The number of aryl methyl sites for hydroxylation is 3. The molecule has 0 fully saturated rings. The molecule has 0 radical (unpaired) electrons. The summed E-state index contributed by atoms with van der Waals surface area (Å²) < 4.78 is 5.62. The summed E-state index contributed by atoms with van der Waals surface area (Å²) in [5.74, 6) is 0.871. The molecule has 0 aliphatic carbocycles. The highest BCUT2D eigenvalue weighted by molar-refractivity contribution is 7.99. The van der Waals surface area contributed by atoms with Crippen molar-refractivity contribution in [3.05, 3.63) is 76.3 Å². The highest BCUT2D eigenvalue weighted by Crippen LogP contribution is 2.31. The van der Waals surface area contributed by atoms with Gasteiger partial charge in [-0.3, -0.25) is 4.79 Å². The van der Waals surface area contributed by atoms with E-state index < -0.39 is 0 Å². The quantitative estimate of drug-likeness (QED) is 0.378. The first-order chi connectivity index (χ1) is 14.6. The smallest absolute Gasteiger partial charge is 0.248 e. The third-order valence-corrected chi connectivity index (χ3v) is 6.36. The Hall–Kier alpha value is -2.90. The molecule has 0 saturated carbocycles. The topological polar surface area (TPSA) is 68.0 Å². The van der Waals surface area contributed by atoms with Crippen LogP contribution in [0.1, 0.15) is 23.4 Å². The Balaban J connectivity index is 1.30. The van der Waals surface area contributed by atoms with Gasteiger partial charge in [-0.1, -0.05) is 23.9 Å². The number of carbonyl (C=O) groups is 1. The number of nitrogens with one attached hydrogen (secondary N) is 1. The van der Waals surface area contributed by atoms with Crippen LogP contribution in [0, 0.1) is 13.8 Å². The molecule has 0 atom stereocenters. The van der Waals surface area contributed by atoms with Gasteiger partial charge in [0.2, 0.25) is 17.7 Å². The van der Waals surface area contributed by atoms with E-state index in [0.29, 0.717) is 18.2 Å². The van der Waals surface area contributed by atoms with Gasteiger partial charge in [0, 0.05) is 39.3 Å². The van der Waals surface area contributed by atoms with Gasteiger partial charge in [-0.2, -0.15) is 11.3 Å². The number of anilines is 1. The molecule has 2 aromatic carbocycles. The summed E-state index contributed by atoms with van der Waals surface area (Å²) in [5.41, 5.74) is 4.18. The lowest BCUT2D eigenvalue weighted by Crippen LogP contribution is -2.12. The second-order valence-electron chi connectivity index (χ2n) is 6.96. The fourth-order valence-corrected chi connectivity index (χ4v) is 4.48. The second-order valence-corrected chi connectivity index (χ2v) is 8.85. The van der Waals surface area contributed by atoms with Crippen LogP contribution in [0.5, 0.6) is 0 Å². The predicted molar refractivity (Wildman–Crippen MR) is 121 cm³/mol. The van der Waals surface area contributed by atoms with Crippen molar-refractivity contribution in [1.29, 1.82) is 0 Å². The lowest BCUT2D eigenvalue weighted by Gasteiger charge is -2.08. The molecule has 4 rings (SSSR count). The van der Waals surface area contributed by atoms with Gasteiger partial charge in [-0.15, -0.1) is 10.2 Å². The molecule has 0 aliphatic rings. The maximum atomic E-state index is 12.3. The van der Waals surface area contributed by atoms with Crippen molar-refractivity contribution in [3.8, 4) is 11.5 Å². The van der Waals surface area contributed by atoms with E-state index in [-0.39, 0.29) is 12.3 Å². The summed E-state index contributed by atoms with van der Waals surface area (Å²) in [7, 11) is 0. The van der Waals surface area contributed by atoms with Crippen molar-refractivity contribution in [2.75, 3.05) is 5.32 Å². The fourth-order valence-electron chi connectivity index (χ4n) is 2.85. The van der Waals surface area contributed by atoms with Gasteiger partial charge in [0.05, 0.1) is 0 Å². The maximum absolute atomic E-state index is 12.3. The van der Waals surface area contributed by atoms with Crippen LogP contribution in [-0.2, 0) is 11.2 Å². The molecule has 152 valence electrons. The van der Waals surface area contributed by atoms with Gasteiger partial charge in [-0.25, -0.2) is 0 Å². The summed E-state index contributed by atoms with van der Waals surface area (Å²) in [6, 6.07) is 16.3. The number of nitrogens with zero attached hydrogens (tertiary/aromatic N) is 2. The zero-order valence-electron chi connectivity index (χ0n) is 16.7. The minimum Gasteiger partial charge on any atom is -0.421 e. The van der Waals surface area contributed by atoms with Crippen LogP contribution in [0.25, 0.3) is 11.5 Å². The first-order valence-corrected chi connectivity index (χ1v) is 11.3. The van der Waals surface area contributed by atoms with Crippen molar-refractivity contribution in [2.45, 2.75) is 36.5 Å². The van der Waals surface area contributed by atoms with Gasteiger partial charge in [0.15, 0.2) is 0 Å². The van der Waals surface area contributed by atoms with Crippen LogP contribution in [0.15, 0.2) is 73.5 Å². The number of aromatic nitrogens is 2. The molecule has 0 bridgehead atoms. The molecule has 0 unspecified atom stereocenters. The molecule has 0 aliphatic heterocycles. The zero-order chi connectivity index (χ0) is 20.9. The van der Waals surface area contributed by atoms with Gasteiger partial charge < -0.3 is 9.73 Å². The lowest BCUT2D eigenvalue weighted by atomic mass is 10.2. The number of hydrogen-bond acceptors (Lipinski definition) is 6.